The minimum Gasteiger partial charge on any atom is -0.391 e. The third-order valence-corrected chi connectivity index (χ3v) is 5.99. The molecular weight excluding hydrogens is 294 g/mol. The van der Waals surface area contributed by atoms with Gasteiger partial charge in [-0.25, -0.2) is 8.42 Å². The van der Waals surface area contributed by atoms with E-state index in [-0.39, 0.29) is 11.5 Å². The average Bonchev–Trinajstić information content (AvgIpc) is 2.96. The van der Waals surface area contributed by atoms with E-state index >= 15 is 0 Å². The van der Waals surface area contributed by atoms with Gasteiger partial charge in [-0.2, -0.15) is 0 Å². The number of aliphatic hydroxyl groups is 1. The molecule has 0 radical (unpaired) electrons. The minimum absolute atomic E-state index is 0.144. The Bertz CT molecular complexity index is 675. The van der Waals surface area contributed by atoms with E-state index in [4.69, 9.17) is 5.11 Å². The van der Waals surface area contributed by atoms with Gasteiger partial charge < -0.3 is 5.11 Å². The summed E-state index contributed by atoms with van der Waals surface area (Å²) in [5, 5.41) is 10.6. The van der Waals surface area contributed by atoms with E-state index in [9.17, 15) is 8.42 Å². The van der Waals surface area contributed by atoms with Crippen molar-refractivity contribution in [3.63, 3.8) is 0 Å². The Balaban J connectivity index is 2.32. The molecule has 4 nitrogen and oxygen atoms in total. The Morgan fingerprint density at radius 3 is 2.40 bits per heavy atom. The Hall–Kier alpha value is -1.37. The number of hydrogen-bond acceptors (Lipinski definition) is 4. The van der Waals surface area contributed by atoms with Crippen molar-refractivity contribution in [1.29, 1.82) is 0 Å². The molecule has 20 heavy (non-hydrogen) atoms. The number of aryl methyl sites for hydroxylation is 1. The number of rotatable bonds is 5. The van der Waals surface area contributed by atoms with Crippen LogP contribution in [0.15, 0.2) is 40.6 Å². The summed E-state index contributed by atoms with van der Waals surface area (Å²) in [4.78, 5) is 0.854. The minimum atomic E-state index is -3.57. The van der Waals surface area contributed by atoms with Gasteiger partial charge in [0.1, 0.15) is 0 Å². The van der Waals surface area contributed by atoms with Gasteiger partial charge in [0.2, 0.25) is 0 Å². The molecule has 1 aromatic heterocycles. The van der Waals surface area contributed by atoms with Gasteiger partial charge >= 0.3 is 0 Å². The number of anilines is 1. The van der Waals surface area contributed by atoms with Crippen LogP contribution in [0.25, 0.3) is 0 Å². The highest BCUT2D eigenvalue weighted by Crippen LogP contribution is 2.26. The van der Waals surface area contributed by atoms with Crippen molar-refractivity contribution >= 4 is 27.0 Å². The fraction of sp³-hybridized carbons (Fsp3) is 0.286. The maximum absolute atomic E-state index is 12.5. The molecule has 6 heteroatoms. The van der Waals surface area contributed by atoms with Gasteiger partial charge in [0.05, 0.1) is 17.2 Å². The fourth-order valence-electron chi connectivity index (χ4n) is 1.82. The first-order valence-electron chi connectivity index (χ1n) is 6.25. The highest BCUT2D eigenvalue weighted by molar-refractivity contribution is 7.93. The van der Waals surface area contributed by atoms with Gasteiger partial charge in [0.25, 0.3) is 10.0 Å². The van der Waals surface area contributed by atoms with Crippen LogP contribution >= 0.6 is 11.3 Å². The van der Waals surface area contributed by atoms with Gasteiger partial charge in [0, 0.05) is 17.3 Å². The summed E-state index contributed by atoms with van der Waals surface area (Å²) in [6.45, 7) is 1.91. The van der Waals surface area contributed by atoms with Crippen LogP contribution in [0, 0.1) is 0 Å². The Labute approximate surface area is 123 Å². The number of nitrogens with zero attached hydrogens (tertiary/aromatic N) is 1. The van der Waals surface area contributed by atoms with Crippen LogP contribution in [0.3, 0.4) is 0 Å². The SMILES string of the molecule is CCc1ccc(N(C)S(=O)(=O)c2csc(CO)c2)cc1. The van der Waals surface area contributed by atoms with E-state index in [1.54, 1.807) is 17.5 Å². The molecule has 1 aromatic carbocycles. The molecule has 2 rings (SSSR count). The predicted molar refractivity (Wildman–Crippen MR) is 81.7 cm³/mol. The van der Waals surface area contributed by atoms with Crippen LogP contribution < -0.4 is 4.31 Å². The van der Waals surface area contributed by atoms with Crippen molar-refractivity contribution in [1.82, 2.24) is 0 Å². The molecule has 0 aliphatic carbocycles. The molecule has 0 fully saturated rings. The molecule has 0 spiro atoms. The van der Waals surface area contributed by atoms with Crippen molar-refractivity contribution in [3.8, 4) is 0 Å². The zero-order valence-corrected chi connectivity index (χ0v) is 13.0. The first-order chi connectivity index (χ1) is 9.48. The number of sulfonamides is 1. The number of thiophene rings is 1. The second-order valence-corrected chi connectivity index (χ2v) is 7.36. The summed E-state index contributed by atoms with van der Waals surface area (Å²) < 4.78 is 26.2. The van der Waals surface area contributed by atoms with E-state index in [0.717, 1.165) is 12.0 Å². The fourth-order valence-corrected chi connectivity index (χ4v) is 4.13. The summed E-state index contributed by atoms with van der Waals surface area (Å²) in [6, 6.07) is 8.96. The maximum Gasteiger partial charge on any atom is 0.264 e. The van der Waals surface area contributed by atoms with E-state index in [0.29, 0.717) is 10.6 Å². The summed E-state index contributed by atoms with van der Waals surface area (Å²) in [7, 11) is -2.03. The van der Waals surface area contributed by atoms with E-state index in [2.05, 4.69) is 6.92 Å². The number of aliphatic hydroxyl groups excluding tert-OH is 1. The van der Waals surface area contributed by atoms with Crippen molar-refractivity contribution in [2.75, 3.05) is 11.4 Å². The van der Waals surface area contributed by atoms with Crippen molar-refractivity contribution < 1.29 is 13.5 Å². The van der Waals surface area contributed by atoms with Gasteiger partial charge in [-0.05, 0) is 30.2 Å². The van der Waals surface area contributed by atoms with Crippen molar-refractivity contribution in [2.24, 2.45) is 0 Å². The molecule has 0 amide bonds. The zero-order valence-electron chi connectivity index (χ0n) is 11.4. The zero-order chi connectivity index (χ0) is 14.8. The summed E-state index contributed by atoms with van der Waals surface area (Å²) >= 11 is 1.24. The van der Waals surface area contributed by atoms with Gasteiger partial charge in [-0.3, -0.25) is 4.31 Å². The lowest BCUT2D eigenvalue weighted by molar-refractivity contribution is 0.285. The normalized spacial score (nSPS) is 11.6. The summed E-state index contributed by atoms with van der Waals surface area (Å²) in [5.74, 6) is 0. The van der Waals surface area contributed by atoms with Crippen LogP contribution in [-0.2, 0) is 23.1 Å². The second-order valence-electron chi connectivity index (χ2n) is 4.40. The molecule has 1 N–H and O–H groups in total. The van der Waals surface area contributed by atoms with Gasteiger partial charge in [-0.15, -0.1) is 11.3 Å². The lowest BCUT2D eigenvalue weighted by Gasteiger charge is -2.19. The quantitative estimate of drug-likeness (QED) is 0.923. The van der Waals surface area contributed by atoms with Gasteiger partial charge in [0.15, 0.2) is 0 Å². The smallest absolute Gasteiger partial charge is 0.264 e. The van der Waals surface area contributed by atoms with Crippen LogP contribution in [-0.4, -0.2) is 20.6 Å². The molecule has 0 aliphatic heterocycles. The number of benzene rings is 1. The molecule has 0 unspecified atom stereocenters. The highest BCUT2D eigenvalue weighted by Gasteiger charge is 2.22. The molecule has 0 saturated carbocycles. The molecule has 1 heterocycles. The highest BCUT2D eigenvalue weighted by atomic mass is 32.2. The average molecular weight is 311 g/mol. The van der Waals surface area contributed by atoms with Crippen LogP contribution in [0.1, 0.15) is 17.4 Å². The summed E-state index contributed by atoms with van der Waals surface area (Å²) in [5.41, 5.74) is 1.79. The lowest BCUT2D eigenvalue weighted by Crippen LogP contribution is -2.26. The van der Waals surface area contributed by atoms with E-state index in [1.165, 1.54) is 28.8 Å². The molecular formula is C14H17NO3S2. The largest absolute Gasteiger partial charge is 0.391 e. The Morgan fingerprint density at radius 2 is 1.90 bits per heavy atom. The number of hydrogen-bond donors (Lipinski definition) is 1. The monoisotopic (exact) mass is 311 g/mol. The molecule has 2 aromatic rings. The van der Waals surface area contributed by atoms with E-state index < -0.39 is 10.0 Å². The van der Waals surface area contributed by atoms with Gasteiger partial charge in [-0.1, -0.05) is 19.1 Å². The predicted octanol–water partition coefficient (Wildman–Crippen LogP) is 2.63. The Morgan fingerprint density at radius 1 is 1.25 bits per heavy atom. The standard InChI is InChI=1S/C14H17NO3S2/c1-3-11-4-6-12(7-5-11)15(2)20(17,18)14-8-13(9-16)19-10-14/h4-8,10,16H,3,9H2,1-2H3. The van der Waals surface area contributed by atoms with Crippen LogP contribution in [0.4, 0.5) is 5.69 Å². The lowest BCUT2D eigenvalue weighted by atomic mass is 10.1. The second kappa shape index (κ2) is 5.95. The maximum atomic E-state index is 12.5. The summed E-state index contributed by atoms with van der Waals surface area (Å²) in [6.07, 6.45) is 0.918. The molecule has 0 atom stereocenters. The molecule has 108 valence electrons. The molecule has 0 bridgehead atoms. The molecule has 0 saturated heterocycles. The third kappa shape index (κ3) is 2.87. The first-order valence-corrected chi connectivity index (χ1v) is 8.57. The Kier molecular flexibility index (Phi) is 4.47. The first kappa shape index (κ1) is 15.0. The van der Waals surface area contributed by atoms with Crippen LogP contribution in [0.2, 0.25) is 0 Å². The van der Waals surface area contributed by atoms with E-state index in [1.807, 2.05) is 12.1 Å². The topological polar surface area (TPSA) is 57.6 Å². The molecule has 0 aliphatic rings. The van der Waals surface area contributed by atoms with Crippen molar-refractivity contribution in [3.05, 3.63) is 46.2 Å². The van der Waals surface area contributed by atoms with Crippen LogP contribution in [0.5, 0.6) is 0 Å². The van der Waals surface area contributed by atoms with Crippen molar-refractivity contribution in [2.45, 2.75) is 24.8 Å². The third-order valence-electron chi connectivity index (χ3n) is 3.15.